The number of likely N-dealkylation sites (N-methyl/N-ethyl adjacent to an activating group) is 1. The van der Waals surface area contributed by atoms with E-state index in [0.29, 0.717) is 28.6 Å². The lowest BCUT2D eigenvalue weighted by atomic mass is 9.85. The van der Waals surface area contributed by atoms with Gasteiger partial charge < -0.3 is 28.4 Å². The van der Waals surface area contributed by atoms with Gasteiger partial charge in [0.2, 0.25) is 12.5 Å². The van der Waals surface area contributed by atoms with E-state index in [1.807, 2.05) is 13.1 Å². The van der Waals surface area contributed by atoms with E-state index in [0.717, 1.165) is 39.0 Å². The van der Waals surface area contributed by atoms with Crippen molar-refractivity contribution >= 4 is 28.6 Å². The van der Waals surface area contributed by atoms with Crippen LogP contribution in [-0.4, -0.2) is 52.6 Å². The lowest BCUT2D eigenvalue weighted by Gasteiger charge is -2.39. The molecular weight excluding hydrogens is 517 g/mol. The first-order valence-corrected chi connectivity index (χ1v) is 10.9. The van der Waals surface area contributed by atoms with Gasteiger partial charge >= 0.3 is 5.97 Å². The Morgan fingerprint density at radius 2 is 1.81 bits per heavy atom. The SMILES string of the molecule is COc1ccc2c(c1OC)C(=O)O[C@@H]2[C@H]1c2c(c(I)c3c(c2OC)OCO3)CCN1C. The van der Waals surface area contributed by atoms with Gasteiger partial charge in [0.1, 0.15) is 11.7 Å². The maximum Gasteiger partial charge on any atom is 0.343 e. The summed E-state index contributed by atoms with van der Waals surface area (Å²) in [6.07, 6.45) is 0.295. The van der Waals surface area contributed by atoms with Crippen molar-refractivity contribution in [2.75, 3.05) is 41.7 Å². The van der Waals surface area contributed by atoms with Gasteiger partial charge in [-0.25, -0.2) is 4.79 Å². The molecular formula is C22H22INO7. The topological polar surface area (TPSA) is 75.7 Å². The Hall–Kier alpha value is -2.40. The lowest BCUT2D eigenvalue weighted by molar-refractivity contribution is 0.00869. The standard InChI is InChI=1S/C22H22INO7/c1-24-8-7-10-13(19(28-4)21-20(15(10)23)29-9-30-21)16(24)17-11-5-6-12(26-2)18(27-3)14(11)22(25)31-17/h5-6,16-17H,7-9H2,1-4H3/t16-,17+/m1/s1. The van der Waals surface area contributed by atoms with Gasteiger partial charge in [-0.05, 0) is 47.7 Å². The van der Waals surface area contributed by atoms with Crippen molar-refractivity contribution < 1.29 is 33.2 Å². The van der Waals surface area contributed by atoms with Crippen LogP contribution in [0.25, 0.3) is 0 Å². The van der Waals surface area contributed by atoms with E-state index < -0.39 is 12.1 Å². The van der Waals surface area contributed by atoms with Crippen LogP contribution in [0.1, 0.15) is 39.2 Å². The molecule has 164 valence electrons. The van der Waals surface area contributed by atoms with Crippen LogP contribution in [0.15, 0.2) is 12.1 Å². The van der Waals surface area contributed by atoms with E-state index in [1.54, 1.807) is 20.3 Å². The molecule has 31 heavy (non-hydrogen) atoms. The Kier molecular flexibility index (Phi) is 5.04. The van der Waals surface area contributed by atoms with Crippen molar-refractivity contribution in [1.82, 2.24) is 4.90 Å². The molecule has 3 heterocycles. The fraction of sp³-hybridized carbons (Fsp3) is 0.409. The molecule has 0 saturated carbocycles. The highest BCUT2D eigenvalue weighted by Crippen LogP contribution is 2.56. The second kappa shape index (κ2) is 7.63. The average molecular weight is 539 g/mol. The first-order chi connectivity index (χ1) is 15.0. The van der Waals surface area contributed by atoms with E-state index in [4.69, 9.17) is 28.4 Å². The van der Waals surface area contributed by atoms with Gasteiger partial charge in [0.05, 0.1) is 30.9 Å². The molecule has 0 aliphatic carbocycles. The van der Waals surface area contributed by atoms with Gasteiger partial charge in [-0.2, -0.15) is 0 Å². The van der Waals surface area contributed by atoms with Crippen LogP contribution in [0, 0.1) is 3.57 Å². The van der Waals surface area contributed by atoms with Crippen LogP contribution < -0.4 is 23.7 Å². The number of fused-ring (bicyclic) bond motifs is 3. The summed E-state index contributed by atoms with van der Waals surface area (Å²) >= 11 is 2.30. The summed E-state index contributed by atoms with van der Waals surface area (Å²) in [4.78, 5) is 15.1. The summed E-state index contributed by atoms with van der Waals surface area (Å²) in [5.74, 6) is 2.40. The third-order valence-corrected chi connectivity index (χ3v) is 7.29. The monoisotopic (exact) mass is 539 g/mol. The molecule has 5 rings (SSSR count). The molecule has 2 aromatic rings. The minimum atomic E-state index is -0.531. The summed E-state index contributed by atoms with van der Waals surface area (Å²) in [5, 5.41) is 0. The zero-order valence-electron chi connectivity index (χ0n) is 17.6. The third-order valence-electron chi connectivity index (χ3n) is 6.15. The predicted octanol–water partition coefficient (Wildman–Crippen LogP) is 3.49. The molecule has 2 atom stereocenters. The Balaban J connectivity index is 1.72. The fourth-order valence-electron chi connectivity index (χ4n) is 4.78. The van der Waals surface area contributed by atoms with Crippen LogP contribution in [0.2, 0.25) is 0 Å². The molecule has 0 bridgehead atoms. The van der Waals surface area contributed by atoms with Crippen molar-refractivity contribution in [3.8, 4) is 28.7 Å². The van der Waals surface area contributed by atoms with Crippen LogP contribution in [-0.2, 0) is 11.2 Å². The molecule has 3 aliphatic rings. The highest BCUT2D eigenvalue weighted by Gasteiger charge is 2.47. The highest BCUT2D eigenvalue weighted by atomic mass is 127. The molecule has 0 saturated heterocycles. The predicted molar refractivity (Wildman–Crippen MR) is 119 cm³/mol. The lowest BCUT2D eigenvalue weighted by Crippen LogP contribution is -2.36. The molecule has 0 radical (unpaired) electrons. The summed E-state index contributed by atoms with van der Waals surface area (Å²) < 4.78 is 35.1. The van der Waals surface area contributed by atoms with Gasteiger partial charge in [0.25, 0.3) is 0 Å². The Morgan fingerprint density at radius 3 is 2.52 bits per heavy atom. The quantitative estimate of drug-likeness (QED) is 0.432. The van der Waals surface area contributed by atoms with E-state index in [2.05, 4.69) is 27.5 Å². The summed E-state index contributed by atoms with van der Waals surface area (Å²) in [6, 6.07) is 3.42. The van der Waals surface area contributed by atoms with Gasteiger partial charge in [0.15, 0.2) is 23.0 Å². The molecule has 8 nitrogen and oxygen atoms in total. The Morgan fingerprint density at radius 1 is 1.06 bits per heavy atom. The number of hydrogen-bond donors (Lipinski definition) is 0. The molecule has 0 unspecified atom stereocenters. The van der Waals surface area contributed by atoms with Crippen molar-refractivity contribution in [3.05, 3.63) is 38.0 Å². The fourth-order valence-corrected chi connectivity index (χ4v) is 5.74. The molecule has 3 aliphatic heterocycles. The minimum absolute atomic E-state index is 0.156. The van der Waals surface area contributed by atoms with Crippen molar-refractivity contribution in [1.29, 1.82) is 0 Å². The molecule has 0 amide bonds. The number of nitrogens with zero attached hydrogens (tertiary/aromatic N) is 1. The first kappa shape index (κ1) is 20.5. The van der Waals surface area contributed by atoms with E-state index in [1.165, 1.54) is 7.11 Å². The number of benzene rings is 2. The number of hydrogen-bond acceptors (Lipinski definition) is 8. The maximum absolute atomic E-state index is 12.9. The zero-order chi connectivity index (χ0) is 21.9. The number of esters is 1. The molecule has 9 heteroatoms. The number of cyclic esters (lactones) is 1. The van der Waals surface area contributed by atoms with Crippen molar-refractivity contribution in [3.63, 3.8) is 0 Å². The molecule has 0 N–H and O–H groups in total. The number of methoxy groups -OCH3 is 3. The Labute approximate surface area is 193 Å². The van der Waals surface area contributed by atoms with Crippen molar-refractivity contribution in [2.45, 2.75) is 18.6 Å². The number of carbonyl (C=O) groups excluding carboxylic acids is 1. The first-order valence-electron chi connectivity index (χ1n) is 9.85. The largest absolute Gasteiger partial charge is 0.493 e. The van der Waals surface area contributed by atoms with Crippen LogP contribution in [0.4, 0.5) is 0 Å². The normalized spacial score (nSPS) is 21.4. The Bertz CT molecular complexity index is 1090. The third kappa shape index (κ3) is 2.85. The second-order valence-electron chi connectivity index (χ2n) is 7.57. The summed E-state index contributed by atoms with van der Waals surface area (Å²) in [7, 11) is 6.71. The summed E-state index contributed by atoms with van der Waals surface area (Å²) in [5.41, 5.74) is 3.27. The van der Waals surface area contributed by atoms with E-state index >= 15 is 0 Å². The maximum atomic E-state index is 12.9. The number of rotatable bonds is 4. The highest BCUT2D eigenvalue weighted by molar-refractivity contribution is 14.1. The minimum Gasteiger partial charge on any atom is -0.493 e. The molecule has 2 aromatic carbocycles. The van der Waals surface area contributed by atoms with E-state index in [9.17, 15) is 4.79 Å². The number of carbonyl (C=O) groups is 1. The van der Waals surface area contributed by atoms with Crippen LogP contribution in [0.3, 0.4) is 0 Å². The smallest absolute Gasteiger partial charge is 0.343 e. The van der Waals surface area contributed by atoms with Gasteiger partial charge in [0, 0.05) is 17.7 Å². The zero-order valence-corrected chi connectivity index (χ0v) is 19.8. The van der Waals surface area contributed by atoms with Gasteiger partial charge in [-0.1, -0.05) is 6.07 Å². The van der Waals surface area contributed by atoms with Crippen LogP contribution >= 0.6 is 22.6 Å². The second-order valence-corrected chi connectivity index (χ2v) is 8.65. The van der Waals surface area contributed by atoms with Crippen molar-refractivity contribution in [2.24, 2.45) is 0 Å². The molecule has 0 aromatic heterocycles. The number of ether oxygens (including phenoxy) is 6. The number of halogens is 1. The average Bonchev–Trinajstić information content (AvgIpc) is 3.39. The van der Waals surface area contributed by atoms with E-state index in [-0.39, 0.29) is 12.8 Å². The van der Waals surface area contributed by atoms with Gasteiger partial charge in [-0.15, -0.1) is 0 Å². The molecule has 0 fully saturated rings. The molecule has 0 spiro atoms. The van der Waals surface area contributed by atoms with Crippen LogP contribution in [0.5, 0.6) is 28.7 Å². The van der Waals surface area contributed by atoms with Gasteiger partial charge in [-0.3, -0.25) is 4.90 Å². The summed E-state index contributed by atoms with van der Waals surface area (Å²) in [6.45, 7) is 0.955.